The van der Waals surface area contributed by atoms with E-state index in [1.54, 1.807) is 0 Å². The molecule has 0 aromatic heterocycles. The Morgan fingerprint density at radius 3 is 2.63 bits per heavy atom. The molecule has 0 atom stereocenters. The molecule has 1 rings (SSSR count). The van der Waals surface area contributed by atoms with Gasteiger partial charge in [-0.25, -0.2) is 0 Å². The number of hydrogen-bond acceptors (Lipinski definition) is 2. The van der Waals surface area contributed by atoms with Crippen molar-refractivity contribution >= 4 is 21.8 Å². The summed E-state index contributed by atoms with van der Waals surface area (Å²) >= 11 is 3.43. The van der Waals surface area contributed by atoms with E-state index in [2.05, 4.69) is 15.9 Å². The number of rotatable bonds is 10. The minimum Gasteiger partial charge on any atom is -0.494 e. The van der Waals surface area contributed by atoms with E-state index in [9.17, 15) is 4.79 Å². The van der Waals surface area contributed by atoms with Gasteiger partial charge >= 0.3 is 0 Å². The molecule has 1 aromatic carbocycles. The molecular weight excluding hydrogens is 306 g/mol. The highest BCUT2D eigenvalue weighted by molar-refractivity contribution is 9.09. The molecule has 0 aliphatic heterocycles. The van der Waals surface area contributed by atoms with Gasteiger partial charge in [-0.2, -0.15) is 0 Å². The van der Waals surface area contributed by atoms with Gasteiger partial charge in [-0.1, -0.05) is 47.3 Å². The summed E-state index contributed by atoms with van der Waals surface area (Å²) < 4.78 is 5.67. The molecule has 106 valence electrons. The Morgan fingerprint density at radius 1 is 1.16 bits per heavy atom. The van der Waals surface area contributed by atoms with Crippen LogP contribution in [0.4, 0.5) is 0 Å². The highest BCUT2D eigenvalue weighted by Gasteiger charge is 2.00. The molecule has 0 fully saturated rings. The first-order valence-corrected chi connectivity index (χ1v) is 7.90. The predicted molar refractivity (Wildman–Crippen MR) is 81.7 cm³/mol. The maximum absolute atomic E-state index is 10.8. The predicted octanol–water partition coefficient (Wildman–Crippen LogP) is 3.44. The number of primary amides is 1. The lowest BCUT2D eigenvalue weighted by Crippen LogP contribution is -2.13. The van der Waals surface area contributed by atoms with Crippen molar-refractivity contribution in [1.29, 1.82) is 0 Å². The van der Waals surface area contributed by atoms with Crippen LogP contribution in [0.15, 0.2) is 24.3 Å². The Bertz CT molecular complexity index is 382. The lowest BCUT2D eigenvalue weighted by molar-refractivity contribution is -0.117. The van der Waals surface area contributed by atoms with Crippen LogP contribution in [0, 0.1) is 0 Å². The Balaban J connectivity index is 2.20. The average Bonchev–Trinajstić information content (AvgIpc) is 2.37. The maximum atomic E-state index is 10.8. The van der Waals surface area contributed by atoms with Crippen molar-refractivity contribution in [2.75, 3.05) is 11.9 Å². The van der Waals surface area contributed by atoms with Crippen molar-refractivity contribution in [3.63, 3.8) is 0 Å². The van der Waals surface area contributed by atoms with Crippen LogP contribution in [-0.4, -0.2) is 17.8 Å². The van der Waals surface area contributed by atoms with Gasteiger partial charge in [-0.15, -0.1) is 0 Å². The van der Waals surface area contributed by atoms with Crippen molar-refractivity contribution < 1.29 is 9.53 Å². The van der Waals surface area contributed by atoms with Crippen LogP contribution in [0.2, 0.25) is 0 Å². The number of unbranched alkanes of at least 4 members (excludes halogenated alkanes) is 4. The Labute approximate surface area is 123 Å². The van der Waals surface area contributed by atoms with Crippen molar-refractivity contribution in [1.82, 2.24) is 0 Å². The molecule has 0 heterocycles. The molecule has 3 nitrogen and oxygen atoms in total. The number of nitrogens with two attached hydrogens (primary N) is 1. The van der Waals surface area contributed by atoms with E-state index in [1.165, 1.54) is 25.7 Å². The lowest BCUT2D eigenvalue weighted by Gasteiger charge is -2.07. The third-order valence-electron chi connectivity index (χ3n) is 2.82. The van der Waals surface area contributed by atoms with Gasteiger partial charge in [0.25, 0.3) is 0 Å². The van der Waals surface area contributed by atoms with E-state index >= 15 is 0 Å². The molecule has 0 bridgehead atoms. The number of carbonyl (C=O) groups is 1. The minimum atomic E-state index is -0.316. The first-order chi connectivity index (χ1) is 9.22. The van der Waals surface area contributed by atoms with Crippen LogP contribution in [0.3, 0.4) is 0 Å². The zero-order valence-corrected chi connectivity index (χ0v) is 12.8. The molecule has 0 aliphatic carbocycles. The molecule has 0 saturated heterocycles. The Hall–Kier alpha value is -1.03. The third-order valence-corrected chi connectivity index (χ3v) is 3.38. The van der Waals surface area contributed by atoms with E-state index in [1.807, 2.05) is 24.3 Å². The van der Waals surface area contributed by atoms with Crippen LogP contribution in [-0.2, 0) is 11.2 Å². The second-order valence-corrected chi connectivity index (χ2v) is 5.39. The fourth-order valence-electron chi connectivity index (χ4n) is 1.86. The summed E-state index contributed by atoms with van der Waals surface area (Å²) in [5.74, 6) is 0.503. The third kappa shape index (κ3) is 7.88. The zero-order valence-electron chi connectivity index (χ0n) is 11.2. The molecule has 4 heteroatoms. The van der Waals surface area contributed by atoms with Crippen LogP contribution in [0.5, 0.6) is 5.75 Å². The van der Waals surface area contributed by atoms with Gasteiger partial charge in [0.05, 0.1) is 13.0 Å². The summed E-state index contributed by atoms with van der Waals surface area (Å²) in [5, 5.41) is 1.09. The first kappa shape index (κ1) is 16.0. The molecule has 0 spiro atoms. The summed E-state index contributed by atoms with van der Waals surface area (Å²) in [5.41, 5.74) is 6.08. The lowest BCUT2D eigenvalue weighted by atomic mass is 10.1. The van der Waals surface area contributed by atoms with Gasteiger partial charge < -0.3 is 10.5 Å². The highest BCUT2D eigenvalue weighted by Crippen LogP contribution is 2.14. The fourth-order valence-corrected chi connectivity index (χ4v) is 2.26. The largest absolute Gasteiger partial charge is 0.494 e. The maximum Gasteiger partial charge on any atom is 0.221 e. The summed E-state index contributed by atoms with van der Waals surface area (Å²) in [4.78, 5) is 10.8. The first-order valence-electron chi connectivity index (χ1n) is 6.78. The number of ether oxygens (including phenoxy) is 1. The van der Waals surface area contributed by atoms with E-state index in [-0.39, 0.29) is 12.3 Å². The summed E-state index contributed by atoms with van der Waals surface area (Å²) in [6, 6.07) is 7.58. The highest BCUT2D eigenvalue weighted by atomic mass is 79.9. The molecule has 2 N–H and O–H groups in total. The van der Waals surface area contributed by atoms with E-state index in [0.29, 0.717) is 0 Å². The topological polar surface area (TPSA) is 52.3 Å². The van der Waals surface area contributed by atoms with Gasteiger partial charge in [-0.05, 0) is 30.5 Å². The van der Waals surface area contributed by atoms with E-state index in [4.69, 9.17) is 10.5 Å². The Kier molecular flexibility index (Phi) is 8.30. The van der Waals surface area contributed by atoms with Crippen molar-refractivity contribution in [3.8, 4) is 5.75 Å². The molecule has 19 heavy (non-hydrogen) atoms. The van der Waals surface area contributed by atoms with Crippen LogP contribution >= 0.6 is 15.9 Å². The molecular formula is C15H22BrNO2. The zero-order chi connectivity index (χ0) is 13.9. The molecule has 1 amide bonds. The number of benzene rings is 1. The van der Waals surface area contributed by atoms with Gasteiger partial charge in [-0.3, -0.25) is 4.79 Å². The number of carbonyl (C=O) groups excluding carboxylic acids is 1. The number of alkyl halides is 1. The normalized spacial score (nSPS) is 10.4. The van der Waals surface area contributed by atoms with E-state index < -0.39 is 0 Å². The molecule has 0 radical (unpaired) electrons. The fraction of sp³-hybridized carbons (Fsp3) is 0.533. The second-order valence-electron chi connectivity index (χ2n) is 4.60. The SMILES string of the molecule is NC(=O)Cc1cccc(OCCCCCCCBr)c1. The standard InChI is InChI=1S/C15H22BrNO2/c16-9-4-2-1-3-5-10-19-14-8-6-7-13(11-14)12-15(17)18/h6-8,11H,1-5,9-10,12H2,(H2,17,18). The molecule has 0 unspecified atom stereocenters. The monoisotopic (exact) mass is 327 g/mol. The number of amides is 1. The van der Waals surface area contributed by atoms with Crippen LogP contribution < -0.4 is 10.5 Å². The van der Waals surface area contributed by atoms with Crippen LogP contribution in [0.25, 0.3) is 0 Å². The smallest absolute Gasteiger partial charge is 0.221 e. The van der Waals surface area contributed by atoms with Crippen molar-refractivity contribution in [2.45, 2.75) is 38.5 Å². The quantitative estimate of drug-likeness (QED) is 0.528. The van der Waals surface area contributed by atoms with Gasteiger partial charge in [0.2, 0.25) is 5.91 Å². The van der Waals surface area contributed by atoms with Crippen molar-refractivity contribution in [2.24, 2.45) is 5.73 Å². The van der Waals surface area contributed by atoms with Gasteiger partial charge in [0.1, 0.15) is 5.75 Å². The van der Waals surface area contributed by atoms with Gasteiger partial charge in [0.15, 0.2) is 0 Å². The summed E-state index contributed by atoms with van der Waals surface area (Å²) in [6.07, 6.45) is 6.33. The minimum absolute atomic E-state index is 0.268. The number of hydrogen-bond donors (Lipinski definition) is 1. The molecule has 0 aliphatic rings. The van der Waals surface area contributed by atoms with E-state index in [0.717, 1.165) is 29.7 Å². The number of halogens is 1. The summed E-state index contributed by atoms with van der Waals surface area (Å²) in [6.45, 7) is 0.730. The van der Waals surface area contributed by atoms with Crippen molar-refractivity contribution in [3.05, 3.63) is 29.8 Å². The summed E-state index contributed by atoms with van der Waals surface area (Å²) in [7, 11) is 0. The second kappa shape index (κ2) is 9.84. The van der Waals surface area contributed by atoms with Gasteiger partial charge in [0, 0.05) is 5.33 Å². The molecule has 1 aromatic rings. The molecule has 0 saturated carbocycles. The van der Waals surface area contributed by atoms with Crippen LogP contribution in [0.1, 0.15) is 37.7 Å². The Morgan fingerprint density at radius 2 is 1.89 bits per heavy atom. The average molecular weight is 328 g/mol.